The first-order valence-electron chi connectivity index (χ1n) is 7.19. The van der Waals surface area contributed by atoms with E-state index in [4.69, 9.17) is 9.84 Å². The molecule has 21 heavy (non-hydrogen) atoms. The van der Waals surface area contributed by atoms with E-state index < -0.39 is 11.5 Å². The van der Waals surface area contributed by atoms with Crippen LogP contribution in [-0.4, -0.2) is 52.4 Å². The van der Waals surface area contributed by atoms with Gasteiger partial charge in [-0.1, -0.05) is 0 Å². The van der Waals surface area contributed by atoms with Crippen LogP contribution in [0.15, 0.2) is 16.9 Å². The second-order valence-corrected chi connectivity index (χ2v) is 5.69. The van der Waals surface area contributed by atoms with Gasteiger partial charge in [0.05, 0.1) is 19.3 Å². The van der Waals surface area contributed by atoms with Gasteiger partial charge in [-0.15, -0.1) is 0 Å². The van der Waals surface area contributed by atoms with Gasteiger partial charge >= 0.3 is 5.97 Å². The molecule has 1 aromatic heterocycles. The number of rotatable bonds is 4. The van der Waals surface area contributed by atoms with Gasteiger partial charge in [-0.2, -0.15) is 0 Å². The second-order valence-electron chi connectivity index (χ2n) is 5.69. The Balaban J connectivity index is 2.21. The van der Waals surface area contributed by atoms with Crippen LogP contribution in [-0.2, 0) is 11.3 Å². The third-order valence-electron chi connectivity index (χ3n) is 3.91. The topological polar surface area (TPSA) is 71.8 Å². The first-order chi connectivity index (χ1) is 9.90. The van der Waals surface area contributed by atoms with E-state index in [9.17, 15) is 9.59 Å². The van der Waals surface area contributed by atoms with E-state index in [1.54, 1.807) is 13.0 Å². The molecule has 0 aromatic carbocycles. The number of aromatic nitrogens is 1. The number of carboxylic acid groups (broad SMARTS) is 1. The molecule has 1 fully saturated rings. The minimum Gasteiger partial charge on any atom is -0.477 e. The minimum absolute atomic E-state index is 0.0957. The van der Waals surface area contributed by atoms with Crippen molar-refractivity contribution >= 4 is 5.97 Å². The number of carbonyl (C=O) groups is 1. The maximum atomic E-state index is 12.2. The largest absolute Gasteiger partial charge is 0.477 e. The lowest BCUT2D eigenvalue weighted by Crippen LogP contribution is -2.48. The highest BCUT2D eigenvalue weighted by atomic mass is 16.5. The molecule has 1 aliphatic heterocycles. The van der Waals surface area contributed by atoms with E-state index in [-0.39, 0.29) is 11.7 Å². The molecule has 1 unspecified atom stereocenters. The van der Waals surface area contributed by atoms with Gasteiger partial charge < -0.3 is 14.4 Å². The summed E-state index contributed by atoms with van der Waals surface area (Å²) in [4.78, 5) is 25.6. The summed E-state index contributed by atoms with van der Waals surface area (Å²) in [6.45, 7) is 8.72. The number of carboxylic acids is 1. The van der Waals surface area contributed by atoms with Gasteiger partial charge in [0, 0.05) is 24.8 Å². The molecule has 0 spiro atoms. The Bertz CT molecular complexity index is 580. The monoisotopic (exact) mass is 294 g/mol. The van der Waals surface area contributed by atoms with Gasteiger partial charge in [-0.25, -0.2) is 4.79 Å². The quantitative estimate of drug-likeness (QED) is 0.895. The Morgan fingerprint density at radius 3 is 2.81 bits per heavy atom. The Hall–Kier alpha value is -1.66. The highest BCUT2D eigenvalue weighted by Gasteiger charge is 2.24. The molecule has 1 aromatic rings. The lowest BCUT2D eigenvalue weighted by Gasteiger charge is -2.35. The molecular weight excluding hydrogens is 272 g/mol. The van der Waals surface area contributed by atoms with Crippen LogP contribution in [0.25, 0.3) is 0 Å². The fraction of sp³-hybridized carbons (Fsp3) is 0.600. The average molecular weight is 294 g/mol. The third-order valence-corrected chi connectivity index (χ3v) is 3.91. The van der Waals surface area contributed by atoms with Crippen molar-refractivity contribution in [3.05, 3.63) is 33.7 Å². The van der Waals surface area contributed by atoms with Crippen molar-refractivity contribution in [2.45, 2.75) is 39.5 Å². The van der Waals surface area contributed by atoms with Crippen LogP contribution in [0.3, 0.4) is 0 Å². The SMILES string of the molecule is Cc1ccc(C(=O)O)c(=O)n1CC1CN(C(C)C)CCO1. The van der Waals surface area contributed by atoms with Crippen LogP contribution < -0.4 is 5.56 Å². The van der Waals surface area contributed by atoms with E-state index in [1.807, 2.05) is 0 Å². The van der Waals surface area contributed by atoms with Crippen molar-refractivity contribution in [2.24, 2.45) is 0 Å². The number of pyridine rings is 1. The molecular formula is C15H22N2O4. The number of hydrogen-bond acceptors (Lipinski definition) is 4. The molecule has 0 aliphatic carbocycles. The molecule has 1 N–H and O–H groups in total. The van der Waals surface area contributed by atoms with Crippen LogP contribution in [0.1, 0.15) is 29.9 Å². The standard InChI is InChI=1S/C15H22N2O4/c1-10(2)16-6-7-21-12(8-16)9-17-11(3)4-5-13(14(17)18)15(19)20/h4-5,10,12H,6-9H2,1-3H3,(H,19,20). The third kappa shape index (κ3) is 3.51. The Kier molecular flexibility index (Phi) is 4.80. The molecule has 116 valence electrons. The Morgan fingerprint density at radius 2 is 2.19 bits per heavy atom. The van der Waals surface area contributed by atoms with Crippen molar-refractivity contribution in [1.29, 1.82) is 0 Å². The van der Waals surface area contributed by atoms with Crippen LogP contribution in [0.2, 0.25) is 0 Å². The van der Waals surface area contributed by atoms with Gasteiger partial charge in [0.25, 0.3) is 5.56 Å². The van der Waals surface area contributed by atoms with Crippen molar-refractivity contribution in [2.75, 3.05) is 19.7 Å². The summed E-state index contributed by atoms with van der Waals surface area (Å²) in [6.07, 6.45) is -0.0957. The summed E-state index contributed by atoms with van der Waals surface area (Å²) in [6, 6.07) is 3.45. The van der Waals surface area contributed by atoms with Gasteiger partial charge in [0.15, 0.2) is 0 Å². The highest BCUT2D eigenvalue weighted by molar-refractivity contribution is 5.87. The van der Waals surface area contributed by atoms with Gasteiger partial charge in [0.2, 0.25) is 0 Å². The number of aromatic carboxylic acids is 1. The van der Waals surface area contributed by atoms with Gasteiger partial charge in [0.1, 0.15) is 5.56 Å². The lowest BCUT2D eigenvalue weighted by atomic mass is 10.2. The van der Waals surface area contributed by atoms with E-state index >= 15 is 0 Å². The van der Waals surface area contributed by atoms with Gasteiger partial charge in [-0.3, -0.25) is 9.69 Å². The number of hydrogen-bond donors (Lipinski definition) is 1. The zero-order valence-electron chi connectivity index (χ0n) is 12.7. The molecule has 1 atom stereocenters. The zero-order valence-corrected chi connectivity index (χ0v) is 12.7. The predicted octanol–water partition coefficient (Wildman–Crippen LogP) is 0.964. The predicted molar refractivity (Wildman–Crippen MR) is 78.8 cm³/mol. The van der Waals surface area contributed by atoms with Crippen LogP contribution in [0, 0.1) is 6.92 Å². The Labute approximate surface area is 123 Å². The van der Waals surface area contributed by atoms with Crippen LogP contribution >= 0.6 is 0 Å². The van der Waals surface area contributed by atoms with Crippen LogP contribution in [0.4, 0.5) is 0 Å². The fourth-order valence-corrected chi connectivity index (χ4v) is 2.59. The summed E-state index contributed by atoms with van der Waals surface area (Å²) in [5.74, 6) is -1.19. The second kappa shape index (κ2) is 6.41. The normalized spacial score (nSPS) is 19.9. The average Bonchev–Trinajstić information content (AvgIpc) is 2.43. The fourth-order valence-electron chi connectivity index (χ4n) is 2.59. The molecule has 0 amide bonds. The summed E-state index contributed by atoms with van der Waals surface area (Å²) >= 11 is 0. The Morgan fingerprint density at radius 1 is 1.48 bits per heavy atom. The van der Waals surface area contributed by atoms with Gasteiger partial charge in [-0.05, 0) is 32.9 Å². The number of aryl methyl sites for hydroxylation is 1. The van der Waals surface area contributed by atoms with Crippen molar-refractivity contribution in [3.63, 3.8) is 0 Å². The minimum atomic E-state index is -1.19. The summed E-state index contributed by atoms with van der Waals surface area (Å²) < 4.78 is 7.22. The molecule has 0 radical (unpaired) electrons. The molecule has 1 aliphatic rings. The van der Waals surface area contributed by atoms with E-state index in [0.717, 1.165) is 18.8 Å². The smallest absolute Gasteiger partial charge is 0.341 e. The molecule has 2 rings (SSSR count). The molecule has 2 heterocycles. The summed E-state index contributed by atoms with van der Waals surface area (Å²) in [5.41, 5.74) is 0.0835. The maximum absolute atomic E-state index is 12.2. The van der Waals surface area contributed by atoms with E-state index in [1.165, 1.54) is 10.6 Å². The maximum Gasteiger partial charge on any atom is 0.341 e. The van der Waals surface area contributed by atoms with Crippen LogP contribution in [0.5, 0.6) is 0 Å². The molecule has 6 nitrogen and oxygen atoms in total. The first-order valence-corrected chi connectivity index (χ1v) is 7.19. The van der Waals surface area contributed by atoms with E-state index in [2.05, 4.69) is 18.7 Å². The summed E-state index contributed by atoms with van der Waals surface area (Å²) in [5, 5.41) is 9.05. The zero-order chi connectivity index (χ0) is 15.6. The number of nitrogens with zero attached hydrogens (tertiary/aromatic N) is 2. The summed E-state index contributed by atoms with van der Waals surface area (Å²) in [7, 11) is 0. The van der Waals surface area contributed by atoms with Crippen molar-refractivity contribution in [1.82, 2.24) is 9.47 Å². The molecule has 0 saturated carbocycles. The number of morpholine rings is 1. The van der Waals surface area contributed by atoms with E-state index in [0.29, 0.717) is 19.2 Å². The lowest BCUT2D eigenvalue weighted by molar-refractivity contribution is -0.0462. The highest BCUT2D eigenvalue weighted by Crippen LogP contribution is 2.11. The van der Waals surface area contributed by atoms with Crippen molar-refractivity contribution in [3.8, 4) is 0 Å². The number of ether oxygens (including phenoxy) is 1. The first kappa shape index (κ1) is 15.7. The van der Waals surface area contributed by atoms with Crippen molar-refractivity contribution < 1.29 is 14.6 Å². The molecule has 6 heteroatoms. The molecule has 0 bridgehead atoms. The molecule has 1 saturated heterocycles.